The van der Waals surface area contributed by atoms with Crippen molar-refractivity contribution in [3.63, 3.8) is 0 Å². The third-order valence-corrected chi connectivity index (χ3v) is 3.82. The van der Waals surface area contributed by atoms with Crippen molar-refractivity contribution < 1.29 is 24.3 Å². The van der Waals surface area contributed by atoms with Crippen LogP contribution < -0.4 is 5.73 Å². The zero-order valence-corrected chi connectivity index (χ0v) is 7.78. The van der Waals surface area contributed by atoms with Crippen LogP contribution in [0.2, 0.25) is 0 Å². The standard InChI is InChI=1S/C6H12NO5P/c7-6(5(8)9)2-1-4(3-6)13(10,11)12/h4H,1-3,7H2,(H,8,9)(H2,10,11,12)/t4-,6-/m1/s1. The first-order chi connectivity index (χ1) is 5.76. The highest BCUT2D eigenvalue weighted by molar-refractivity contribution is 7.52. The number of carboxylic acids is 1. The molecule has 0 aromatic heterocycles. The summed E-state index contributed by atoms with van der Waals surface area (Å²) in [6.45, 7) is 0. The number of aliphatic carboxylic acids is 1. The van der Waals surface area contributed by atoms with E-state index in [-0.39, 0.29) is 19.3 Å². The van der Waals surface area contributed by atoms with E-state index in [9.17, 15) is 9.36 Å². The van der Waals surface area contributed by atoms with Gasteiger partial charge < -0.3 is 20.6 Å². The summed E-state index contributed by atoms with van der Waals surface area (Å²) in [6.07, 6.45) is 0.151. The van der Waals surface area contributed by atoms with Gasteiger partial charge in [-0.25, -0.2) is 0 Å². The van der Waals surface area contributed by atoms with E-state index in [0.717, 1.165) is 0 Å². The first-order valence-corrected chi connectivity index (χ1v) is 5.51. The van der Waals surface area contributed by atoms with E-state index in [1.54, 1.807) is 0 Å². The van der Waals surface area contributed by atoms with Crippen LogP contribution in [0.3, 0.4) is 0 Å². The van der Waals surface area contributed by atoms with Crippen LogP contribution in [0.25, 0.3) is 0 Å². The second-order valence-electron chi connectivity index (χ2n) is 3.45. The van der Waals surface area contributed by atoms with Gasteiger partial charge in [-0.1, -0.05) is 0 Å². The van der Waals surface area contributed by atoms with Gasteiger partial charge in [0.25, 0.3) is 0 Å². The van der Waals surface area contributed by atoms with Gasteiger partial charge in [-0.05, 0) is 19.3 Å². The van der Waals surface area contributed by atoms with E-state index in [2.05, 4.69) is 0 Å². The lowest BCUT2D eigenvalue weighted by molar-refractivity contribution is -0.143. The molecule has 0 spiro atoms. The van der Waals surface area contributed by atoms with Gasteiger partial charge in [-0.3, -0.25) is 9.36 Å². The van der Waals surface area contributed by atoms with Crippen LogP contribution in [0.4, 0.5) is 0 Å². The zero-order chi connectivity index (χ0) is 10.3. The Morgan fingerprint density at radius 1 is 1.54 bits per heavy atom. The van der Waals surface area contributed by atoms with E-state index in [0.29, 0.717) is 0 Å². The first kappa shape index (κ1) is 10.7. The number of rotatable bonds is 2. The molecule has 1 rings (SSSR count). The van der Waals surface area contributed by atoms with Gasteiger partial charge in [-0.15, -0.1) is 0 Å². The zero-order valence-electron chi connectivity index (χ0n) is 6.88. The van der Waals surface area contributed by atoms with Crippen molar-refractivity contribution in [2.45, 2.75) is 30.5 Å². The van der Waals surface area contributed by atoms with Gasteiger partial charge in [0.1, 0.15) is 5.54 Å². The Balaban J connectivity index is 2.75. The highest BCUT2D eigenvalue weighted by Gasteiger charge is 2.47. The highest BCUT2D eigenvalue weighted by atomic mass is 31.2. The van der Waals surface area contributed by atoms with Crippen LogP contribution in [-0.4, -0.2) is 32.1 Å². The molecule has 0 unspecified atom stereocenters. The van der Waals surface area contributed by atoms with Crippen molar-refractivity contribution in [2.75, 3.05) is 0 Å². The van der Waals surface area contributed by atoms with Crippen molar-refractivity contribution in [1.82, 2.24) is 0 Å². The molecule has 5 N–H and O–H groups in total. The van der Waals surface area contributed by atoms with Gasteiger partial charge in [-0.2, -0.15) is 0 Å². The van der Waals surface area contributed by atoms with E-state index in [1.807, 2.05) is 0 Å². The third kappa shape index (κ3) is 2.08. The van der Waals surface area contributed by atoms with Crippen molar-refractivity contribution >= 4 is 13.6 Å². The van der Waals surface area contributed by atoms with Crippen molar-refractivity contribution in [3.05, 3.63) is 0 Å². The molecule has 2 atom stereocenters. The maximum atomic E-state index is 10.8. The average molecular weight is 209 g/mol. The smallest absolute Gasteiger partial charge is 0.328 e. The minimum atomic E-state index is -4.18. The topological polar surface area (TPSA) is 121 Å². The van der Waals surface area contributed by atoms with Gasteiger partial charge in [0.05, 0.1) is 5.66 Å². The molecule has 0 aromatic rings. The summed E-state index contributed by atoms with van der Waals surface area (Å²) >= 11 is 0. The quantitative estimate of drug-likeness (QED) is 0.455. The minimum absolute atomic E-state index is 0.123. The molecule has 6 nitrogen and oxygen atoms in total. The summed E-state index contributed by atoms with van der Waals surface area (Å²) in [4.78, 5) is 28.2. The Labute approximate surface area is 74.9 Å². The summed E-state index contributed by atoms with van der Waals surface area (Å²) in [5.41, 5.74) is 3.10. The molecule has 1 aliphatic carbocycles. The number of carbonyl (C=O) groups is 1. The molecular formula is C6H12NO5P. The average Bonchev–Trinajstić information content (AvgIpc) is 2.31. The van der Waals surface area contributed by atoms with Crippen molar-refractivity contribution in [2.24, 2.45) is 5.73 Å². The maximum Gasteiger partial charge on any atom is 0.328 e. The van der Waals surface area contributed by atoms with Crippen LogP contribution in [0.5, 0.6) is 0 Å². The molecule has 1 fully saturated rings. The van der Waals surface area contributed by atoms with E-state index in [1.165, 1.54) is 0 Å². The molecule has 0 saturated heterocycles. The van der Waals surface area contributed by atoms with Gasteiger partial charge in [0.15, 0.2) is 0 Å². The fraction of sp³-hybridized carbons (Fsp3) is 0.833. The molecular weight excluding hydrogens is 197 g/mol. The SMILES string of the molecule is N[C@]1(C(=O)O)CC[C@@H](P(=O)(O)O)C1. The van der Waals surface area contributed by atoms with Gasteiger partial charge >= 0.3 is 13.6 Å². The summed E-state index contributed by atoms with van der Waals surface area (Å²) in [5, 5.41) is 8.68. The highest BCUT2D eigenvalue weighted by Crippen LogP contribution is 2.51. The fourth-order valence-electron chi connectivity index (χ4n) is 1.53. The second kappa shape index (κ2) is 3.06. The number of nitrogens with two attached hydrogens (primary N) is 1. The lowest BCUT2D eigenvalue weighted by Crippen LogP contribution is -2.45. The monoisotopic (exact) mass is 209 g/mol. The summed E-state index contributed by atoms with van der Waals surface area (Å²) in [7, 11) is -4.18. The molecule has 76 valence electrons. The molecule has 0 bridgehead atoms. The van der Waals surface area contributed by atoms with Gasteiger partial charge in [0.2, 0.25) is 0 Å². The van der Waals surface area contributed by atoms with Crippen LogP contribution in [0.1, 0.15) is 19.3 Å². The lowest BCUT2D eigenvalue weighted by Gasteiger charge is -2.18. The Hall–Kier alpha value is -0.420. The second-order valence-corrected chi connectivity index (χ2v) is 5.36. The molecule has 0 heterocycles. The van der Waals surface area contributed by atoms with Crippen LogP contribution in [0, 0.1) is 0 Å². The molecule has 0 aromatic carbocycles. The Kier molecular flexibility index (Phi) is 2.51. The fourth-order valence-corrected chi connectivity index (χ4v) is 2.56. The van der Waals surface area contributed by atoms with Crippen molar-refractivity contribution in [1.29, 1.82) is 0 Å². The molecule has 0 radical (unpaired) electrons. The van der Waals surface area contributed by atoms with Gasteiger partial charge in [0, 0.05) is 0 Å². The predicted octanol–water partition coefficient (Wildman–Crippen LogP) is -0.501. The molecule has 7 heteroatoms. The molecule has 1 saturated carbocycles. The third-order valence-electron chi connectivity index (χ3n) is 2.43. The summed E-state index contributed by atoms with van der Waals surface area (Å²) in [6, 6.07) is 0. The van der Waals surface area contributed by atoms with Crippen LogP contribution in [-0.2, 0) is 9.36 Å². The van der Waals surface area contributed by atoms with E-state index in [4.69, 9.17) is 20.6 Å². The minimum Gasteiger partial charge on any atom is -0.480 e. The number of carboxylic acid groups (broad SMARTS) is 1. The normalized spacial score (nSPS) is 34.8. The summed E-state index contributed by atoms with van der Waals surface area (Å²) < 4.78 is 10.8. The van der Waals surface area contributed by atoms with Crippen LogP contribution >= 0.6 is 7.60 Å². The maximum absolute atomic E-state index is 10.8. The Morgan fingerprint density at radius 3 is 2.31 bits per heavy atom. The summed E-state index contributed by atoms with van der Waals surface area (Å²) in [5.74, 6) is -1.19. The van der Waals surface area contributed by atoms with Crippen molar-refractivity contribution in [3.8, 4) is 0 Å². The number of hydrogen-bond acceptors (Lipinski definition) is 3. The largest absolute Gasteiger partial charge is 0.480 e. The molecule has 13 heavy (non-hydrogen) atoms. The Morgan fingerprint density at radius 2 is 2.08 bits per heavy atom. The molecule has 1 aliphatic rings. The van der Waals surface area contributed by atoms with E-state index < -0.39 is 24.8 Å². The first-order valence-electron chi connectivity index (χ1n) is 3.83. The molecule has 0 amide bonds. The predicted molar refractivity (Wildman–Crippen MR) is 44.2 cm³/mol. The van der Waals surface area contributed by atoms with E-state index >= 15 is 0 Å². The molecule has 0 aliphatic heterocycles. The lowest BCUT2D eigenvalue weighted by atomic mass is 10.0. The van der Waals surface area contributed by atoms with Crippen LogP contribution in [0.15, 0.2) is 0 Å². The number of hydrogen-bond donors (Lipinski definition) is 4. The Bertz CT molecular complexity index is 274.